The summed E-state index contributed by atoms with van der Waals surface area (Å²) in [6.07, 6.45) is 1.95. The van der Waals surface area contributed by atoms with Crippen LogP contribution in [0.15, 0.2) is 35.3 Å². The van der Waals surface area contributed by atoms with E-state index in [1.54, 1.807) is 0 Å². The second kappa shape index (κ2) is 5.91. The second-order valence-electron chi connectivity index (χ2n) is 4.55. The number of hydrogen-bond donors (Lipinski definition) is 1. The minimum absolute atomic E-state index is 0.0692. The minimum Gasteiger partial charge on any atom is -0.267 e. The largest absolute Gasteiger partial charge is 0.267 e. The molecule has 1 atom stereocenters. The Morgan fingerprint density at radius 2 is 2.11 bits per heavy atom. The number of thiocarbonyl (C=S) groups is 1. The third kappa shape index (κ3) is 3.05. The van der Waals surface area contributed by atoms with E-state index < -0.39 is 0 Å². The van der Waals surface area contributed by atoms with Gasteiger partial charge in [-0.05, 0) is 35.3 Å². The fraction of sp³-hybridized carbons (Fsp3) is 0.357. The van der Waals surface area contributed by atoms with Gasteiger partial charge >= 0.3 is 0 Å². The lowest BCUT2D eigenvalue weighted by molar-refractivity contribution is 0.0571. The first-order valence-electron chi connectivity index (χ1n) is 5.98. The lowest BCUT2D eigenvalue weighted by atomic mass is 10.0. The summed E-state index contributed by atoms with van der Waals surface area (Å²) in [4.78, 5) is 9.25. The molecule has 18 heavy (non-hydrogen) atoms. The van der Waals surface area contributed by atoms with Crippen LogP contribution in [0.5, 0.6) is 0 Å². The molecule has 0 saturated carbocycles. The third-order valence-electron chi connectivity index (χ3n) is 2.90. The topological polar surface area (TPSA) is 33.6 Å². The first-order chi connectivity index (χ1) is 8.70. The minimum atomic E-state index is -0.0692. The van der Waals surface area contributed by atoms with Gasteiger partial charge in [-0.2, -0.15) is 0 Å². The van der Waals surface area contributed by atoms with Gasteiger partial charge < -0.3 is 0 Å². The molecule has 94 valence electrons. The Labute approximate surface area is 113 Å². The average Bonchev–Trinajstić information content (AvgIpc) is 2.85. The smallest absolute Gasteiger partial charge is 0.126 e. The highest BCUT2D eigenvalue weighted by Gasteiger charge is 2.16. The van der Waals surface area contributed by atoms with Crippen LogP contribution in [0, 0.1) is 0 Å². The van der Waals surface area contributed by atoms with E-state index in [1.165, 1.54) is 5.56 Å². The summed E-state index contributed by atoms with van der Waals surface area (Å²) < 4.78 is 0. The second-order valence-corrected chi connectivity index (χ2v) is 4.73. The Hall–Kier alpha value is -1.48. The first-order valence-corrected chi connectivity index (χ1v) is 6.39. The number of isothiocyanates is 1. The van der Waals surface area contributed by atoms with Crippen molar-refractivity contribution in [1.82, 2.24) is 5.48 Å². The summed E-state index contributed by atoms with van der Waals surface area (Å²) in [6, 6.07) is 8.49. The molecule has 0 radical (unpaired) electrons. The van der Waals surface area contributed by atoms with E-state index in [1.807, 2.05) is 6.08 Å². The van der Waals surface area contributed by atoms with Crippen molar-refractivity contribution in [3.05, 3.63) is 41.5 Å². The zero-order valence-electron chi connectivity index (χ0n) is 10.5. The maximum atomic E-state index is 5.38. The molecular formula is C14H16N2OS. The Balaban J connectivity index is 2.10. The van der Waals surface area contributed by atoms with Crippen LogP contribution in [0.25, 0.3) is 5.70 Å². The van der Waals surface area contributed by atoms with Crippen molar-refractivity contribution in [2.75, 3.05) is 6.54 Å². The molecule has 0 saturated heterocycles. The molecule has 4 heteroatoms. The van der Waals surface area contributed by atoms with Crippen LogP contribution in [-0.4, -0.2) is 17.8 Å². The lowest BCUT2D eigenvalue weighted by Gasteiger charge is -2.07. The number of nitrogens with one attached hydrogen (secondary N) is 1. The van der Waals surface area contributed by atoms with E-state index >= 15 is 0 Å². The molecular weight excluding hydrogens is 244 g/mol. The predicted octanol–water partition coefficient (Wildman–Crippen LogP) is 3.16. The summed E-state index contributed by atoms with van der Waals surface area (Å²) >= 11 is 4.53. The van der Waals surface area contributed by atoms with Gasteiger partial charge in [0, 0.05) is 0 Å². The lowest BCUT2D eigenvalue weighted by Crippen LogP contribution is -2.14. The molecule has 3 nitrogen and oxygen atoms in total. The Kier molecular flexibility index (Phi) is 4.26. The molecule has 0 aromatic heterocycles. The molecule has 0 fully saturated rings. The Morgan fingerprint density at radius 1 is 1.39 bits per heavy atom. The van der Waals surface area contributed by atoms with Crippen LogP contribution < -0.4 is 5.48 Å². The normalized spacial score (nSPS) is 18.2. The summed E-state index contributed by atoms with van der Waals surface area (Å²) in [6.45, 7) is 4.87. The van der Waals surface area contributed by atoms with Crippen molar-refractivity contribution < 1.29 is 4.84 Å². The average molecular weight is 260 g/mol. The van der Waals surface area contributed by atoms with Crippen LogP contribution in [0.2, 0.25) is 0 Å². The van der Waals surface area contributed by atoms with E-state index in [0.717, 1.165) is 11.3 Å². The van der Waals surface area contributed by atoms with Crippen LogP contribution in [0.4, 0.5) is 0 Å². The molecule has 1 aliphatic heterocycles. The molecule has 0 amide bonds. The Bertz CT molecular complexity index is 487. The van der Waals surface area contributed by atoms with Gasteiger partial charge in [-0.3, -0.25) is 10.3 Å². The predicted molar refractivity (Wildman–Crippen MR) is 76.4 cm³/mol. The molecule has 0 spiro atoms. The highest BCUT2D eigenvalue weighted by molar-refractivity contribution is 7.78. The molecule has 0 aliphatic carbocycles. The van der Waals surface area contributed by atoms with Gasteiger partial charge in [-0.15, -0.1) is 0 Å². The highest BCUT2D eigenvalue weighted by Crippen LogP contribution is 2.21. The zero-order chi connectivity index (χ0) is 13.0. The van der Waals surface area contributed by atoms with Crippen molar-refractivity contribution >= 4 is 23.1 Å². The van der Waals surface area contributed by atoms with Crippen molar-refractivity contribution in [2.45, 2.75) is 25.9 Å². The maximum absolute atomic E-state index is 5.38. The van der Waals surface area contributed by atoms with Crippen LogP contribution in [0.3, 0.4) is 0 Å². The van der Waals surface area contributed by atoms with Gasteiger partial charge in [0.15, 0.2) is 0 Å². The van der Waals surface area contributed by atoms with Gasteiger partial charge in [0.25, 0.3) is 0 Å². The quantitative estimate of drug-likeness (QED) is 0.667. The molecule has 1 aromatic rings. The van der Waals surface area contributed by atoms with Crippen LogP contribution in [-0.2, 0) is 4.84 Å². The van der Waals surface area contributed by atoms with Crippen molar-refractivity contribution in [1.29, 1.82) is 0 Å². The van der Waals surface area contributed by atoms with E-state index in [2.05, 4.69) is 66.0 Å². The van der Waals surface area contributed by atoms with Gasteiger partial charge in [0.1, 0.15) is 6.10 Å². The Morgan fingerprint density at radius 3 is 2.72 bits per heavy atom. The van der Waals surface area contributed by atoms with E-state index in [4.69, 9.17) is 4.84 Å². The number of rotatable bonds is 4. The number of benzene rings is 1. The SMILES string of the molecule is CC(C)c1ccc(C2=CC(CN=C=S)ON2)cc1. The summed E-state index contributed by atoms with van der Waals surface area (Å²) in [5, 5.41) is 2.34. The summed E-state index contributed by atoms with van der Waals surface area (Å²) in [7, 11) is 0. The number of nitrogens with zero attached hydrogens (tertiary/aromatic N) is 1. The van der Waals surface area contributed by atoms with Gasteiger partial charge in [-0.25, -0.2) is 4.99 Å². The fourth-order valence-electron chi connectivity index (χ4n) is 1.81. The van der Waals surface area contributed by atoms with Gasteiger partial charge in [0.05, 0.1) is 17.4 Å². The summed E-state index contributed by atoms with van der Waals surface area (Å²) in [5.74, 6) is 0.547. The van der Waals surface area contributed by atoms with Crippen molar-refractivity contribution in [2.24, 2.45) is 4.99 Å². The van der Waals surface area contributed by atoms with Crippen molar-refractivity contribution in [3.8, 4) is 0 Å². The van der Waals surface area contributed by atoms with E-state index in [0.29, 0.717) is 12.5 Å². The van der Waals surface area contributed by atoms with Crippen molar-refractivity contribution in [3.63, 3.8) is 0 Å². The molecule has 0 bridgehead atoms. The first kappa shape index (κ1) is 13.0. The van der Waals surface area contributed by atoms with Gasteiger partial charge in [-0.1, -0.05) is 38.1 Å². The molecule has 1 aromatic carbocycles. The summed E-state index contributed by atoms with van der Waals surface area (Å²) in [5.41, 5.74) is 6.35. The van der Waals surface area contributed by atoms with E-state index in [9.17, 15) is 0 Å². The standard InChI is InChI=1S/C14H16N2OS/c1-10(2)11-3-5-12(6-4-11)14-7-13(17-16-14)8-15-9-18/h3-7,10,13,16H,8H2,1-2H3. The number of hydroxylamine groups is 1. The van der Waals surface area contributed by atoms with Crippen LogP contribution in [0.1, 0.15) is 30.9 Å². The monoisotopic (exact) mass is 260 g/mol. The van der Waals surface area contributed by atoms with E-state index in [-0.39, 0.29) is 6.10 Å². The number of hydrogen-bond acceptors (Lipinski definition) is 4. The molecule has 2 rings (SSSR count). The molecule has 1 N–H and O–H groups in total. The molecule has 1 unspecified atom stereocenters. The zero-order valence-corrected chi connectivity index (χ0v) is 11.3. The van der Waals surface area contributed by atoms with Gasteiger partial charge in [0.2, 0.25) is 0 Å². The van der Waals surface area contributed by atoms with Crippen LogP contribution >= 0.6 is 12.2 Å². The fourth-order valence-corrected chi connectivity index (χ4v) is 1.89. The number of aliphatic imine (C=N–C) groups is 1. The molecule has 1 heterocycles. The molecule has 1 aliphatic rings. The third-order valence-corrected chi connectivity index (χ3v) is 3.03. The highest BCUT2D eigenvalue weighted by atomic mass is 32.1. The maximum Gasteiger partial charge on any atom is 0.126 e.